The molecule has 0 aliphatic rings. The van der Waals surface area contributed by atoms with Crippen molar-refractivity contribution in [1.82, 2.24) is 0 Å². The van der Waals surface area contributed by atoms with E-state index in [2.05, 4.69) is 33.4 Å². The lowest BCUT2D eigenvalue weighted by Gasteiger charge is -2.06. The van der Waals surface area contributed by atoms with Crippen molar-refractivity contribution in [3.8, 4) is 0 Å². The molecule has 21 heavy (non-hydrogen) atoms. The largest absolute Gasteiger partial charge is 0.325 e. The quantitative estimate of drug-likeness (QED) is 0.710. The number of rotatable bonds is 6. The van der Waals surface area contributed by atoms with Gasteiger partial charge >= 0.3 is 0 Å². The molecule has 2 aromatic carbocycles. The lowest BCUT2D eigenvalue weighted by molar-refractivity contribution is -0.113. The van der Waals surface area contributed by atoms with Gasteiger partial charge in [0.1, 0.15) is 0 Å². The number of hydrogen-bond donors (Lipinski definition) is 1. The zero-order chi connectivity index (χ0) is 15.1. The van der Waals surface area contributed by atoms with E-state index in [1.807, 2.05) is 42.7 Å². The molecule has 2 rings (SSSR count). The smallest absolute Gasteiger partial charge is 0.234 e. The highest BCUT2D eigenvalue weighted by molar-refractivity contribution is 9.10. The van der Waals surface area contributed by atoms with E-state index in [1.165, 1.54) is 5.56 Å². The Kier molecular flexibility index (Phi) is 6.67. The van der Waals surface area contributed by atoms with E-state index in [0.29, 0.717) is 5.75 Å². The fraction of sp³-hybridized carbons (Fsp3) is 0.188. The molecule has 0 saturated carbocycles. The lowest BCUT2D eigenvalue weighted by Crippen LogP contribution is -2.14. The number of hydrogen-bond acceptors (Lipinski definition) is 3. The van der Waals surface area contributed by atoms with Crippen LogP contribution < -0.4 is 5.32 Å². The molecule has 0 unspecified atom stereocenters. The second-order valence-electron chi connectivity index (χ2n) is 4.40. The van der Waals surface area contributed by atoms with Crippen LogP contribution in [0.3, 0.4) is 0 Å². The summed E-state index contributed by atoms with van der Waals surface area (Å²) in [6, 6.07) is 16.1. The first kappa shape index (κ1) is 16.5. The highest BCUT2D eigenvalue weighted by Crippen LogP contribution is 2.20. The van der Waals surface area contributed by atoms with Gasteiger partial charge in [-0.2, -0.15) is 0 Å². The predicted octanol–water partition coefficient (Wildman–Crippen LogP) is 5.04. The van der Waals surface area contributed by atoms with Crippen molar-refractivity contribution < 1.29 is 4.79 Å². The van der Waals surface area contributed by atoms with Crippen molar-refractivity contribution in [1.29, 1.82) is 0 Å². The summed E-state index contributed by atoms with van der Waals surface area (Å²) in [5.41, 5.74) is 2.08. The van der Waals surface area contributed by atoms with Crippen molar-refractivity contribution >= 4 is 51.0 Å². The zero-order valence-corrected chi connectivity index (χ0v) is 14.9. The van der Waals surface area contributed by atoms with Gasteiger partial charge in [0.15, 0.2) is 0 Å². The topological polar surface area (TPSA) is 29.1 Å². The van der Waals surface area contributed by atoms with Gasteiger partial charge in [-0.15, -0.1) is 23.5 Å². The average Bonchev–Trinajstić information content (AvgIpc) is 2.49. The Bertz CT molecular complexity index is 601. The molecule has 0 spiro atoms. The first-order valence-corrected chi connectivity index (χ1v) is 9.61. The van der Waals surface area contributed by atoms with Crippen molar-refractivity contribution in [2.24, 2.45) is 0 Å². The molecule has 1 amide bonds. The summed E-state index contributed by atoms with van der Waals surface area (Å²) < 4.78 is 1.07. The van der Waals surface area contributed by atoms with E-state index in [-0.39, 0.29) is 5.91 Å². The first-order valence-electron chi connectivity index (χ1n) is 6.43. The second kappa shape index (κ2) is 8.51. The summed E-state index contributed by atoms with van der Waals surface area (Å²) in [7, 11) is 0. The molecule has 0 fully saturated rings. The van der Waals surface area contributed by atoms with Crippen LogP contribution in [0.4, 0.5) is 5.69 Å². The Morgan fingerprint density at radius 1 is 1.19 bits per heavy atom. The Labute approximate surface area is 142 Å². The van der Waals surface area contributed by atoms with Gasteiger partial charge in [0.2, 0.25) is 5.91 Å². The highest BCUT2D eigenvalue weighted by atomic mass is 79.9. The second-order valence-corrected chi connectivity index (χ2v) is 7.18. The molecule has 110 valence electrons. The summed E-state index contributed by atoms with van der Waals surface area (Å²) >= 11 is 6.70. The summed E-state index contributed by atoms with van der Waals surface area (Å²) in [5.74, 6) is 1.33. The van der Waals surface area contributed by atoms with E-state index >= 15 is 0 Å². The molecule has 0 aliphatic heterocycles. The minimum atomic E-state index is 0.0374. The van der Waals surface area contributed by atoms with Gasteiger partial charge in [-0.05, 0) is 42.2 Å². The SMILES string of the molecule is CSc1cccc(NC(=O)CSCc2ccc(Br)cc2)c1. The van der Waals surface area contributed by atoms with E-state index in [4.69, 9.17) is 0 Å². The molecule has 0 heterocycles. The molecule has 2 aromatic rings. The third-order valence-corrected chi connectivity index (χ3v) is 5.03. The summed E-state index contributed by atoms with van der Waals surface area (Å²) in [4.78, 5) is 13.1. The molecule has 2 nitrogen and oxygen atoms in total. The third-order valence-electron chi connectivity index (χ3n) is 2.77. The number of nitrogens with one attached hydrogen (secondary N) is 1. The van der Waals surface area contributed by atoms with Crippen LogP contribution in [0, 0.1) is 0 Å². The minimum Gasteiger partial charge on any atom is -0.325 e. The van der Waals surface area contributed by atoms with Gasteiger partial charge < -0.3 is 5.32 Å². The number of carbonyl (C=O) groups excluding carboxylic acids is 1. The molecule has 0 aromatic heterocycles. The maximum Gasteiger partial charge on any atom is 0.234 e. The first-order chi connectivity index (χ1) is 10.2. The predicted molar refractivity (Wildman–Crippen MR) is 97.2 cm³/mol. The summed E-state index contributed by atoms with van der Waals surface area (Å²) in [6.07, 6.45) is 2.02. The Morgan fingerprint density at radius 3 is 2.67 bits per heavy atom. The molecule has 5 heteroatoms. The standard InChI is InChI=1S/C16H16BrNOS2/c1-20-15-4-2-3-14(9-15)18-16(19)11-21-10-12-5-7-13(17)8-6-12/h2-9H,10-11H2,1H3,(H,18,19). The molecular weight excluding hydrogens is 366 g/mol. The Morgan fingerprint density at radius 2 is 1.95 bits per heavy atom. The van der Waals surface area contributed by atoms with Gasteiger partial charge in [-0.1, -0.05) is 34.1 Å². The van der Waals surface area contributed by atoms with E-state index in [1.54, 1.807) is 23.5 Å². The van der Waals surface area contributed by atoms with Crippen LogP contribution in [0.2, 0.25) is 0 Å². The third kappa shape index (κ3) is 5.77. The van der Waals surface area contributed by atoms with E-state index in [0.717, 1.165) is 20.8 Å². The Hall–Kier alpha value is -0.910. The molecule has 0 saturated heterocycles. The molecular formula is C16H16BrNOS2. The van der Waals surface area contributed by atoms with Gasteiger partial charge in [-0.25, -0.2) is 0 Å². The molecule has 0 radical (unpaired) electrons. The van der Waals surface area contributed by atoms with Gasteiger partial charge in [0, 0.05) is 20.8 Å². The number of thioether (sulfide) groups is 2. The van der Waals surface area contributed by atoms with Crippen LogP contribution >= 0.6 is 39.5 Å². The lowest BCUT2D eigenvalue weighted by atomic mass is 10.2. The average molecular weight is 382 g/mol. The van der Waals surface area contributed by atoms with E-state index in [9.17, 15) is 4.79 Å². The summed E-state index contributed by atoms with van der Waals surface area (Å²) in [5, 5.41) is 2.93. The number of anilines is 1. The van der Waals surface area contributed by atoms with Crippen LogP contribution in [0.25, 0.3) is 0 Å². The number of amides is 1. The zero-order valence-electron chi connectivity index (χ0n) is 11.6. The number of benzene rings is 2. The molecule has 0 aliphatic carbocycles. The maximum atomic E-state index is 11.9. The van der Waals surface area contributed by atoms with Crippen LogP contribution in [0.1, 0.15) is 5.56 Å². The maximum absolute atomic E-state index is 11.9. The Balaban J connectivity index is 1.78. The monoisotopic (exact) mass is 381 g/mol. The van der Waals surface area contributed by atoms with Crippen molar-refractivity contribution in [3.63, 3.8) is 0 Å². The molecule has 0 bridgehead atoms. The highest BCUT2D eigenvalue weighted by Gasteiger charge is 2.03. The fourth-order valence-electron chi connectivity index (χ4n) is 1.74. The van der Waals surface area contributed by atoms with Gasteiger partial charge in [-0.3, -0.25) is 4.79 Å². The van der Waals surface area contributed by atoms with Crippen LogP contribution in [-0.4, -0.2) is 17.9 Å². The van der Waals surface area contributed by atoms with Crippen molar-refractivity contribution in [3.05, 3.63) is 58.6 Å². The minimum absolute atomic E-state index is 0.0374. The fourth-order valence-corrected chi connectivity index (χ4v) is 3.25. The van der Waals surface area contributed by atoms with Crippen LogP contribution in [0.5, 0.6) is 0 Å². The van der Waals surface area contributed by atoms with Gasteiger partial charge in [0.25, 0.3) is 0 Å². The summed E-state index contributed by atoms with van der Waals surface area (Å²) in [6.45, 7) is 0. The normalized spacial score (nSPS) is 10.4. The van der Waals surface area contributed by atoms with Crippen molar-refractivity contribution in [2.45, 2.75) is 10.6 Å². The van der Waals surface area contributed by atoms with Crippen LogP contribution in [-0.2, 0) is 10.5 Å². The van der Waals surface area contributed by atoms with Crippen LogP contribution in [0.15, 0.2) is 57.9 Å². The van der Waals surface area contributed by atoms with E-state index < -0.39 is 0 Å². The number of halogens is 1. The molecule has 1 N–H and O–H groups in total. The molecule has 0 atom stereocenters. The van der Waals surface area contributed by atoms with Crippen molar-refractivity contribution in [2.75, 3.05) is 17.3 Å². The number of carbonyl (C=O) groups is 1. The van der Waals surface area contributed by atoms with Gasteiger partial charge in [0.05, 0.1) is 5.75 Å².